The monoisotopic (exact) mass is 270 g/mol. The van der Waals surface area contributed by atoms with Crippen LogP contribution in [0.25, 0.3) is 0 Å². The molecular weight excluding hydrogens is 256 g/mol. The van der Waals surface area contributed by atoms with Gasteiger partial charge in [-0.15, -0.1) is 0 Å². The zero-order chi connectivity index (χ0) is 11.4. The molecule has 0 atom stereocenters. The van der Waals surface area contributed by atoms with Crippen molar-refractivity contribution in [3.05, 3.63) is 33.8 Å². The third-order valence-corrected chi connectivity index (χ3v) is 2.78. The van der Waals surface area contributed by atoms with Crippen LogP contribution in [0.4, 0.5) is 0 Å². The minimum atomic E-state index is -0.846. The van der Waals surface area contributed by atoms with Crippen LogP contribution in [0, 0.1) is 5.92 Å². The molecule has 0 bridgehead atoms. The van der Waals surface area contributed by atoms with E-state index in [0.29, 0.717) is 11.5 Å². The summed E-state index contributed by atoms with van der Waals surface area (Å²) in [7, 11) is 0. The molecule has 0 aromatic heterocycles. The number of aromatic carboxylic acids is 1. The minimum Gasteiger partial charge on any atom is -0.478 e. The molecule has 2 nitrogen and oxygen atoms in total. The van der Waals surface area contributed by atoms with Crippen molar-refractivity contribution >= 4 is 21.9 Å². The van der Waals surface area contributed by atoms with Crippen LogP contribution in [0.1, 0.15) is 36.2 Å². The molecule has 0 amide bonds. The van der Waals surface area contributed by atoms with E-state index < -0.39 is 5.97 Å². The van der Waals surface area contributed by atoms with Gasteiger partial charge < -0.3 is 5.11 Å². The Kier molecular flexibility index (Phi) is 4.33. The van der Waals surface area contributed by atoms with Gasteiger partial charge in [0.1, 0.15) is 0 Å². The topological polar surface area (TPSA) is 37.3 Å². The summed E-state index contributed by atoms with van der Waals surface area (Å²) in [5.74, 6) is -0.258. The Morgan fingerprint density at radius 3 is 2.67 bits per heavy atom. The molecule has 1 aromatic rings. The molecule has 0 saturated heterocycles. The molecule has 82 valence electrons. The molecule has 0 unspecified atom stereocenters. The van der Waals surface area contributed by atoms with Crippen LogP contribution in [0.5, 0.6) is 0 Å². The maximum atomic E-state index is 11.0. The summed E-state index contributed by atoms with van der Waals surface area (Å²) in [5, 5.41) is 9.01. The molecule has 0 saturated carbocycles. The van der Waals surface area contributed by atoms with Crippen molar-refractivity contribution in [2.45, 2.75) is 26.7 Å². The highest BCUT2D eigenvalue weighted by Crippen LogP contribution is 2.19. The number of benzene rings is 1. The fourth-order valence-corrected chi connectivity index (χ4v) is 1.83. The maximum absolute atomic E-state index is 11.0. The highest BCUT2D eigenvalue weighted by molar-refractivity contribution is 9.10. The van der Waals surface area contributed by atoms with Crippen molar-refractivity contribution in [3.63, 3.8) is 0 Å². The van der Waals surface area contributed by atoms with E-state index in [-0.39, 0.29) is 0 Å². The highest BCUT2D eigenvalue weighted by atomic mass is 79.9. The molecule has 3 heteroatoms. The van der Waals surface area contributed by atoms with Crippen molar-refractivity contribution in [3.8, 4) is 0 Å². The van der Waals surface area contributed by atoms with E-state index in [1.54, 1.807) is 12.1 Å². The van der Waals surface area contributed by atoms with Gasteiger partial charge in [0.05, 0.1) is 5.56 Å². The average Bonchev–Trinajstić information content (AvgIpc) is 2.14. The number of carboxylic acid groups (broad SMARTS) is 1. The number of hydrogen-bond donors (Lipinski definition) is 1. The van der Waals surface area contributed by atoms with E-state index in [1.165, 1.54) is 0 Å². The van der Waals surface area contributed by atoms with Crippen molar-refractivity contribution in [2.75, 3.05) is 0 Å². The van der Waals surface area contributed by atoms with Crippen molar-refractivity contribution in [1.82, 2.24) is 0 Å². The van der Waals surface area contributed by atoms with Gasteiger partial charge in [-0.05, 0) is 42.5 Å². The fraction of sp³-hybridized carbons (Fsp3) is 0.417. The van der Waals surface area contributed by atoms with E-state index in [1.807, 2.05) is 6.07 Å². The number of hydrogen-bond acceptors (Lipinski definition) is 1. The van der Waals surface area contributed by atoms with Crippen LogP contribution in [0.15, 0.2) is 22.7 Å². The number of aryl methyl sites for hydroxylation is 1. The standard InChI is InChI=1S/C12H15BrO2/c1-8(2)3-4-9-7-10(13)5-6-11(9)12(14)15/h5-8H,3-4H2,1-2H3,(H,14,15). The summed E-state index contributed by atoms with van der Waals surface area (Å²) >= 11 is 3.36. The molecule has 1 N–H and O–H groups in total. The lowest BCUT2D eigenvalue weighted by Crippen LogP contribution is -2.03. The molecule has 0 spiro atoms. The lowest BCUT2D eigenvalue weighted by Gasteiger charge is -2.08. The average molecular weight is 271 g/mol. The van der Waals surface area contributed by atoms with E-state index in [0.717, 1.165) is 22.9 Å². The van der Waals surface area contributed by atoms with Gasteiger partial charge in [-0.3, -0.25) is 0 Å². The van der Waals surface area contributed by atoms with Crippen LogP contribution in [-0.2, 0) is 6.42 Å². The first-order chi connectivity index (χ1) is 7.00. The van der Waals surface area contributed by atoms with Gasteiger partial charge in [-0.1, -0.05) is 29.8 Å². The molecule has 1 rings (SSSR count). The molecule has 15 heavy (non-hydrogen) atoms. The maximum Gasteiger partial charge on any atom is 0.335 e. The zero-order valence-electron chi connectivity index (χ0n) is 8.96. The Labute approximate surface area is 98.4 Å². The zero-order valence-corrected chi connectivity index (χ0v) is 10.5. The summed E-state index contributed by atoms with van der Waals surface area (Å²) in [6.45, 7) is 4.27. The number of carbonyl (C=O) groups is 1. The van der Waals surface area contributed by atoms with Crippen molar-refractivity contribution < 1.29 is 9.90 Å². The number of halogens is 1. The van der Waals surface area contributed by atoms with Crippen molar-refractivity contribution in [2.24, 2.45) is 5.92 Å². The third kappa shape index (κ3) is 3.67. The molecule has 0 heterocycles. The summed E-state index contributed by atoms with van der Waals surface area (Å²) < 4.78 is 0.936. The van der Waals surface area contributed by atoms with Crippen LogP contribution < -0.4 is 0 Å². The second-order valence-electron chi connectivity index (χ2n) is 4.04. The molecule has 0 aliphatic heterocycles. The molecule has 0 fully saturated rings. The van der Waals surface area contributed by atoms with Gasteiger partial charge in [-0.25, -0.2) is 4.79 Å². The van der Waals surface area contributed by atoms with Gasteiger partial charge in [-0.2, -0.15) is 0 Å². The van der Waals surface area contributed by atoms with Gasteiger partial charge in [0.25, 0.3) is 0 Å². The first-order valence-electron chi connectivity index (χ1n) is 5.02. The first-order valence-corrected chi connectivity index (χ1v) is 5.81. The number of carboxylic acids is 1. The summed E-state index contributed by atoms with van der Waals surface area (Å²) in [5.41, 5.74) is 1.32. The molecule has 0 aliphatic rings. The summed E-state index contributed by atoms with van der Waals surface area (Å²) in [6, 6.07) is 5.32. The molecule has 0 radical (unpaired) electrons. The lowest BCUT2D eigenvalue weighted by atomic mass is 9.98. The Hall–Kier alpha value is -0.830. The SMILES string of the molecule is CC(C)CCc1cc(Br)ccc1C(=O)O. The van der Waals surface area contributed by atoms with Crippen LogP contribution in [0.2, 0.25) is 0 Å². The van der Waals surface area contributed by atoms with Crippen LogP contribution >= 0.6 is 15.9 Å². The highest BCUT2D eigenvalue weighted by Gasteiger charge is 2.10. The predicted molar refractivity (Wildman–Crippen MR) is 64.3 cm³/mol. The van der Waals surface area contributed by atoms with Crippen molar-refractivity contribution in [1.29, 1.82) is 0 Å². The normalized spacial score (nSPS) is 10.7. The lowest BCUT2D eigenvalue weighted by molar-refractivity contribution is 0.0695. The van der Waals surface area contributed by atoms with E-state index in [9.17, 15) is 4.79 Å². The smallest absolute Gasteiger partial charge is 0.335 e. The van der Waals surface area contributed by atoms with Gasteiger partial charge in [0, 0.05) is 4.47 Å². The second kappa shape index (κ2) is 5.31. The Balaban J connectivity index is 2.92. The van der Waals surface area contributed by atoms with Gasteiger partial charge >= 0.3 is 5.97 Å². The van der Waals surface area contributed by atoms with Gasteiger partial charge in [0.15, 0.2) is 0 Å². The largest absolute Gasteiger partial charge is 0.478 e. The molecule has 1 aromatic carbocycles. The first kappa shape index (κ1) is 12.2. The number of rotatable bonds is 4. The Bertz CT molecular complexity index is 359. The third-order valence-electron chi connectivity index (χ3n) is 2.29. The fourth-order valence-electron chi connectivity index (χ4n) is 1.42. The Morgan fingerprint density at radius 2 is 2.13 bits per heavy atom. The van der Waals surface area contributed by atoms with Crippen LogP contribution in [-0.4, -0.2) is 11.1 Å². The van der Waals surface area contributed by atoms with Gasteiger partial charge in [0.2, 0.25) is 0 Å². The van der Waals surface area contributed by atoms with E-state index in [2.05, 4.69) is 29.8 Å². The van der Waals surface area contributed by atoms with Crippen LogP contribution in [0.3, 0.4) is 0 Å². The molecular formula is C12H15BrO2. The van der Waals surface area contributed by atoms with E-state index in [4.69, 9.17) is 5.11 Å². The quantitative estimate of drug-likeness (QED) is 0.905. The minimum absolute atomic E-state index is 0.416. The van der Waals surface area contributed by atoms with E-state index >= 15 is 0 Å². The second-order valence-corrected chi connectivity index (χ2v) is 4.95. The summed E-state index contributed by atoms with van der Waals surface area (Å²) in [4.78, 5) is 11.0. The predicted octanol–water partition coefficient (Wildman–Crippen LogP) is 3.74. The summed E-state index contributed by atoms with van der Waals surface area (Å²) in [6.07, 6.45) is 1.83. The molecule has 0 aliphatic carbocycles. The Morgan fingerprint density at radius 1 is 1.47 bits per heavy atom.